The van der Waals surface area contributed by atoms with Crippen LogP contribution in [0.4, 0.5) is 0 Å². The number of aromatic nitrogens is 3. The molecule has 0 fully saturated rings. The number of carbonyl (C=O) groups excluding carboxylic acids is 2. The second-order valence-electron chi connectivity index (χ2n) is 7.81. The molecule has 2 aromatic heterocycles. The zero-order chi connectivity index (χ0) is 24.9. The highest BCUT2D eigenvalue weighted by Gasteiger charge is 2.19. The maximum atomic E-state index is 13.1. The zero-order valence-corrected chi connectivity index (χ0v) is 20.1. The summed E-state index contributed by atoms with van der Waals surface area (Å²) in [5.74, 6) is 0.578. The van der Waals surface area contributed by atoms with Gasteiger partial charge in [-0.2, -0.15) is 0 Å². The van der Waals surface area contributed by atoms with Gasteiger partial charge in [0.25, 0.3) is 5.91 Å². The normalized spacial score (nSPS) is 11.5. The van der Waals surface area contributed by atoms with Crippen molar-refractivity contribution in [3.05, 3.63) is 94.9 Å². The lowest BCUT2D eigenvalue weighted by Crippen LogP contribution is -2.27. The van der Waals surface area contributed by atoms with Gasteiger partial charge in [-0.05, 0) is 42.8 Å². The first kappa shape index (κ1) is 24.0. The number of ether oxygens (including phenoxy) is 2. The van der Waals surface area contributed by atoms with Gasteiger partial charge in [0.2, 0.25) is 5.88 Å². The van der Waals surface area contributed by atoms with Crippen molar-refractivity contribution in [1.29, 1.82) is 0 Å². The molecule has 4 aromatic rings. The van der Waals surface area contributed by atoms with Gasteiger partial charge in [0.15, 0.2) is 0 Å². The fraction of sp³-hybridized carbons (Fsp3) is 0.154. The van der Waals surface area contributed by atoms with Crippen LogP contribution in [0.25, 0.3) is 11.4 Å². The monoisotopic (exact) mass is 490 g/mol. The number of benzene rings is 2. The summed E-state index contributed by atoms with van der Waals surface area (Å²) in [6.07, 6.45) is 5.00. The molecule has 1 amide bonds. The molecule has 2 aromatic carbocycles. The third-order valence-electron chi connectivity index (χ3n) is 5.37. The largest absolute Gasteiger partial charge is 0.465 e. The molecule has 0 aliphatic carbocycles. The maximum absolute atomic E-state index is 13.1. The number of rotatable bonds is 7. The van der Waals surface area contributed by atoms with Crippen LogP contribution in [0.1, 0.15) is 39.2 Å². The van der Waals surface area contributed by atoms with Crippen LogP contribution in [-0.4, -0.2) is 33.5 Å². The summed E-state index contributed by atoms with van der Waals surface area (Å²) in [6.45, 7) is 1.83. The van der Waals surface area contributed by atoms with Crippen LogP contribution < -0.4 is 10.1 Å². The van der Waals surface area contributed by atoms with Gasteiger partial charge in [0.1, 0.15) is 17.1 Å². The highest BCUT2D eigenvalue weighted by molar-refractivity contribution is 6.30. The summed E-state index contributed by atoms with van der Waals surface area (Å²) in [6, 6.07) is 15.3. The molecular weight excluding hydrogens is 468 g/mol. The van der Waals surface area contributed by atoms with Crippen LogP contribution in [0.5, 0.6) is 11.6 Å². The van der Waals surface area contributed by atoms with Crippen molar-refractivity contribution in [3.63, 3.8) is 0 Å². The van der Waals surface area contributed by atoms with Crippen molar-refractivity contribution >= 4 is 23.5 Å². The van der Waals surface area contributed by atoms with Crippen molar-refractivity contribution in [2.75, 3.05) is 7.11 Å². The summed E-state index contributed by atoms with van der Waals surface area (Å²) in [4.78, 5) is 33.4. The van der Waals surface area contributed by atoms with Gasteiger partial charge in [-0.25, -0.2) is 14.8 Å². The number of esters is 1. The number of nitrogens with zero attached hydrogens (tertiary/aromatic N) is 3. The highest BCUT2D eigenvalue weighted by atomic mass is 35.5. The molecule has 1 atom stereocenters. The van der Waals surface area contributed by atoms with Crippen LogP contribution in [0.15, 0.2) is 73.2 Å². The van der Waals surface area contributed by atoms with E-state index < -0.39 is 11.9 Å². The standard InChI is InChI=1S/C26H23ClN4O4/c1-16(17-7-9-18(10-8-17)26(33)34-3)30-24(32)22-14-20(27)15-29-25(22)35-21-6-4-5-19(13-21)23-28-11-12-31(23)2/h4-16H,1-3H3,(H,30,32)/t16-/m0/s1. The number of hydrogen-bond acceptors (Lipinski definition) is 6. The van der Waals surface area contributed by atoms with Gasteiger partial charge in [0.05, 0.1) is 23.7 Å². The van der Waals surface area contributed by atoms with Crippen molar-refractivity contribution in [1.82, 2.24) is 19.9 Å². The smallest absolute Gasteiger partial charge is 0.337 e. The molecule has 8 nitrogen and oxygen atoms in total. The number of amides is 1. The highest BCUT2D eigenvalue weighted by Crippen LogP contribution is 2.29. The molecule has 0 saturated heterocycles. The Labute approximate surface area is 207 Å². The van der Waals surface area contributed by atoms with Gasteiger partial charge in [0, 0.05) is 31.2 Å². The van der Waals surface area contributed by atoms with Gasteiger partial charge < -0.3 is 19.4 Å². The lowest BCUT2D eigenvalue weighted by atomic mass is 10.1. The van der Waals surface area contributed by atoms with E-state index in [-0.39, 0.29) is 17.5 Å². The Bertz CT molecular complexity index is 1370. The summed E-state index contributed by atoms with van der Waals surface area (Å²) < 4.78 is 12.6. The first-order valence-electron chi connectivity index (χ1n) is 10.8. The molecule has 0 radical (unpaired) electrons. The van der Waals surface area contributed by atoms with E-state index in [1.54, 1.807) is 36.5 Å². The van der Waals surface area contributed by atoms with Crippen molar-refractivity contribution in [3.8, 4) is 23.0 Å². The average Bonchev–Trinajstić information content (AvgIpc) is 3.30. The molecule has 0 aliphatic heterocycles. The molecule has 35 heavy (non-hydrogen) atoms. The molecule has 0 spiro atoms. The van der Waals surface area contributed by atoms with Crippen molar-refractivity contribution in [2.24, 2.45) is 7.05 Å². The van der Waals surface area contributed by atoms with Gasteiger partial charge in [-0.15, -0.1) is 0 Å². The Morgan fingerprint density at radius 3 is 2.54 bits per heavy atom. The Morgan fingerprint density at radius 2 is 1.86 bits per heavy atom. The Kier molecular flexibility index (Phi) is 7.12. The zero-order valence-electron chi connectivity index (χ0n) is 19.4. The van der Waals surface area contributed by atoms with E-state index in [4.69, 9.17) is 21.1 Å². The van der Waals surface area contributed by atoms with E-state index in [1.165, 1.54) is 19.4 Å². The van der Waals surface area contributed by atoms with Crippen LogP contribution in [0.2, 0.25) is 5.02 Å². The molecular formula is C26H23ClN4O4. The Hall–Kier alpha value is -4.17. The van der Waals surface area contributed by atoms with Crippen molar-refractivity contribution < 1.29 is 19.1 Å². The van der Waals surface area contributed by atoms with Gasteiger partial charge in [-0.1, -0.05) is 35.9 Å². The van der Waals surface area contributed by atoms with E-state index in [0.29, 0.717) is 16.3 Å². The number of hydrogen-bond donors (Lipinski definition) is 1. The van der Waals surface area contributed by atoms with E-state index in [0.717, 1.165) is 17.0 Å². The molecule has 9 heteroatoms. The van der Waals surface area contributed by atoms with Gasteiger partial charge in [-0.3, -0.25) is 4.79 Å². The predicted octanol–water partition coefficient (Wildman–Crippen LogP) is 5.21. The minimum absolute atomic E-state index is 0.122. The van der Waals surface area contributed by atoms with E-state index in [2.05, 4.69) is 15.3 Å². The molecule has 178 valence electrons. The van der Waals surface area contributed by atoms with Crippen molar-refractivity contribution in [2.45, 2.75) is 13.0 Å². The average molecular weight is 491 g/mol. The molecule has 2 heterocycles. The first-order chi connectivity index (χ1) is 16.9. The lowest BCUT2D eigenvalue weighted by Gasteiger charge is -2.16. The SMILES string of the molecule is COC(=O)c1ccc([C@H](C)NC(=O)c2cc(Cl)cnc2Oc2cccc(-c3nccn3C)c2)cc1. The van der Waals surface area contributed by atoms with Crippen LogP contribution in [-0.2, 0) is 11.8 Å². The van der Waals surface area contributed by atoms with Crippen LogP contribution in [0, 0.1) is 0 Å². The number of pyridine rings is 1. The number of methoxy groups -OCH3 is 1. The van der Waals surface area contributed by atoms with E-state index in [9.17, 15) is 9.59 Å². The Morgan fingerprint density at radius 1 is 1.09 bits per heavy atom. The second kappa shape index (κ2) is 10.4. The summed E-state index contributed by atoms with van der Waals surface area (Å²) in [5.41, 5.74) is 2.29. The third kappa shape index (κ3) is 5.50. The lowest BCUT2D eigenvalue weighted by molar-refractivity contribution is 0.0600. The van der Waals surface area contributed by atoms with Crippen LogP contribution >= 0.6 is 11.6 Å². The number of aryl methyl sites for hydroxylation is 1. The Balaban J connectivity index is 1.54. The van der Waals surface area contributed by atoms with E-state index >= 15 is 0 Å². The topological polar surface area (TPSA) is 95.3 Å². The molecule has 4 rings (SSSR count). The summed E-state index contributed by atoms with van der Waals surface area (Å²) in [7, 11) is 3.23. The fourth-order valence-corrected chi connectivity index (χ4v) is 3.67. The first-order valence-corrected chi connectivity index (χ1v) is 11.1. The minimum Gasteiger partial charge on any atom is -0.465 e. The quantitative estimate of drug-likeness (QED) is 0.357. The fourth-order valence-electron chi connectivity index (χ4n) is 3.51. The van der Waals surface area contributed by atoms with E-state index in [1.807, 2.05) is 42.9 Å². The molecule has 1 N–H and O–H groups in total. The maximum Gasteiger partial charge on any atom is 0.337 e. The molecule has 0 saturated carbocycles. The number of halogens is 1. The third-order valence-corrected chi connectivity index (χ3v) is 5.58. The number of nitrogens with one attached hydrogen (secondary N) is 1. The predicted molar refractivity (Wildman–Crippen MR) is 132 cm³/mol. The number of imidazole rings is 1. The molecule has 0 bridgehead atoms. The summed E-state index contributed by atoms with van der Waals surface area (Å²) >= 11 is 6.14. The minimum atomic E-state index is -0.424. The molecule has 0 aliphatic rings. The second-order valence-corrected chi connectivity index (χ2v) is 8.24. The number of carbonyl (C=O) groups is 2. The van der Waals surface area contributed by atoms with Gasteiger partial charge >= 0.3 is 5.97 Å². The summed E-state index contributed by atoms with van der Waals surface area (Å²) in [5, 5.41) is 3.23. The van der Waals surface area contributed by atoms with Crippen LogP contribution in [0.3, 0.4) is 0 Å². The molecule has 0 unspecified atom stereocenters.